The molecule has 2 bridgehead atoms. The molecule has 3 heterocycles. The molecule has 3 rings (SSSR count). The fraction of sp³-hybridized carbons (Fsp3) is 0.545. The van der Waals surface area contributed by atoms with Gasteiger partial charge in [0.15, 0.2) is 5.76 Å². The van der Waals surface area contributed by atoms with Crippen molar-refractivity contribution in [3.05, 3.63) is 21.6 Å². The Morgan fingerprint density at radius 1 is 1.53 bits per heavy atom. The SMILES string of the molecule is CN1C2C=C(c3oncc3I)CC1CC2. The quantitative estimate of drug-likeness (QED) is 0.746. The van der Waals surface area contributed by atoms with Crippen LogP contribution in [-0.4, -0.2) is 29.2 Å². The predicted molar refractivity (Wildman–Crippen MR) is 66.4 cm³/mol. The zero-order chi connectivity index (χ0) is 10.4. The highest BCUT2D eigenvalue weighted by Gasteiger charge is 2.35. The molecule has 2 atom stereocenters. The van der Waals surface area contributed by atoms with Gasteiger partial charge in [0.25, 0.3) is 0 Å². The van der Waals surface area contributed by atoms with E-state index in [1.165, 1.54) is 18.4 Å². The van der Waals surface area contributed by atoms with Crippen molar-refractivity contribution in [1.29, 1.82) is 0 Å². The Morgan fingerprint density at radius 3 is 3.07 bits per heavy atom. The van der Waals surface area contributed by atoms with Gasteiger partial charge in [0.1, 0.15) is 0 Å². The van der Waals surface area contributed by atoms with Gasteiger partial charge < -0.3 is 4.52 Å². The maximum atomic E-state index is 5.32. The van der Waals surface area contributed by atoms with E-state index in [4.69, 9.17) is 4.52 Å². The van der Waals surface area contributed by atoms with Gasteiger partial charge in [-0.25, -0.2) is 0 Å². The third-order valence-corrected chi connectivity index (χ3v) is 4.33. The molecular formula is C11H13IN2O. The number of nitrogens with zero attached hydrogens (tertiary/aromatic N) is 2. The topological polar surface area (TPSA) is 29.3 Å². The van der Waals surface area contributed by atoms with Crippen LogP contribution < -0.4 is 0 Å². The van der Waals surface area contributed by atoms with E-state index in [1.54, 1.807) is 6.20 Å². The summed E-state index contributed by atoms with van der Waals surface area (Å²) in [6, 6.07) is 1.32. The first-order valence-electron chi connectivity index (χ1n) is 5.29. The smallest absolute Gasteiger partial charge is 0.175 e. The number of halogens is 1. The summed E-state index contributed by atoms with van der Waals surface area (Å²) in [5.74, 6) is 0.987. The Bertz CT molecular complexity index is 412. The fourth-order valence-electron chi connectivity index (χ4n) is 2.65. The van der Waals surface area contributed by atoms with Gasteiger partial charge in [-0.3, -0.25) is 4.90 Å². The minimum atomic E-state index is 0.611. The molecule has 1 fully saturated rings. The maximum Gasteiger partial charge on any atom is 0.175 e. The summed E-state index contributed by atoms with van der Waals surface area (Å²) in [6.07, 6.45) is 7.85. The average Bonchev–Trinajstić information content (AvgIpc) is 2.70. The number of hydrogen-bond donors (Lipinski definition) is 0. The van der Waals surface area contributed by atoms with Crippen LogP contribution in [0.1, 0.15) is 25.0 Å². The van der Waals surface area contributed by atoms with Crippen molar-refractivity contribution in [2.75, 3.05) is 7.05 Å². The highest BCUT2D eigenvalue weighted by Crippen LogP contribution is 2.38. The molecular weight excluding hydrogens is 303 g/mol. The molecule has 0 saturated carbocycles. The molecule has 4 heteroatoms. The summed E-state index contributed by atoms with van der Waals surface area (Å²) >= 11 is 2.29. The van der Waals surface area contributed by atoms with Crippen molar-refractivity contribution < 1.29 is 4.52 Å². The lowest BCUT2D eigenvalue weighted by atomic mass is 10.00. The molecule has 2 aliphatic rings. The molecule has 0 spiro atoms. The molecule has 80 valence electrons. The summed E-state index contributed by atoms with van der Waals surface area (Å²) in [5.41, 5.74) is 1.35. The third-order valence-electron chi connectivity index (χ3n) is 3.56. The summed E-state index contributed by atoms with van der Waals surface area (Å²) in [6.45, 7) is 0. The molecule has 0 N–H and O–H groups in total. The normalized spacial score (nSPS) is 30.7. The molecule has 2 aliphatic heterocycles. The van der Waals surface area contributed by atoms with E-state index < -0.39 is 0 Å². The highest BCUT2D eigenvalue weighted by atomic mass is 127. The number of likely N-dealkylation sites (N-methyl/N-ethyl adjacent to an activating group) is 1. The monoisotopic (exact) mass is 316 g/mol. The van der Waals surface area contributed by atoms with Crippen molar-refractivity contribution in [1.82, 2.24) is 10.1 Å². The molecule has 0 amide bonds. The Morgan fingerprint density at radius 2 is 2.40 bits per heavy atom. The minimum Gasteiger partial charge on any atom is -0.356 e. The molecule has 1 saturated heterocycles. The van der Waals surface area contributed by atoms with Gasteiger partial charge in [-0.15, -0.1) is 0 Å². The van der Waals surface area contributed by atoms with Gasteiger partial charge >= 0.3 is 0 Å². The number of fused-ring (bicyclic) bond motifs is 2. The molecule has 1 aromatic rings. The van der Waals surface area contributed by atoms with Crippen LogP contribution in [0, 0.1) is 3.57 Å². The van der Waals surface area contributed by atoms with Crippen LogP contribution in [0.3, 0.4) is 0 Å². The second-order valence-corrected chi connectivity index (χ2v) is 5.53. The first-order chi connectivity index (χ1) is 7.25. The summed E-state index contributed by atoms with van der Waals surface area (Å²) < 4.78 is 6.45. The largest absolute Gasteiger partial charge is 0.356 e. The Hall–Kier alpha value is -0.360. The lowest BCUT2D eigenvalue weighted by Gasteiger charge is -2.29. The Kier molecular flexibility index (Phi) is 2.35. The van der Waals surface area contributed by atoms with Crippen LogP contribution >= 0.6 is 22.6 Å². The lowest BCUT2D eigenvalue weighted by Crippen LogP contribution is -2.34. The molecule has 15 heavy (non-hydrogen) atoms. The second kappa shape index (κ2) is 3.59. The maximum absolute atomic E-state index is 5.32. The van der Waals surface area contributed by atoms with E-state index in [9.17, 15) is 0 Å². The van der Waals surface area contributed by atoms with E-state index >= 15 is 0 Å². The van der Waals surface area contributed by atoms with Gasteiger partial charge in [-0.2, -0.15) is 0 Å². The average molecular weight is 316 g/mol. The Labute approximate surface area is 103 Å². The van der Waals surface area contributed by atoms with Crippen LogP contribution in [0.4, 0.5) is 0 Å². The van der Waals surface area contributed by atoms with Gasteiger partial charge in [-0.1, -0.05) is 11.2 Å². The molecule has 0 radical (unpaired) electrons. The van der Waals surface area contributed by atoms with E-state index in [-0.39, 0.29) is 0 Å². The van der Waals surface area contributed by atoms with Crippen LogP contribution in [0.25, 0.3) is 5.57 Å². The van der Waals surface area contributed by atoms with Gasteiger partial charge in [0.2, 0.25) is 0 Å². The van der Waals surface area contributed by atoms with Gasteiger partial charge in [0, 0.05) is 12.1 Å². The van der Waals surface area contributed by atoms with E-state index in [2.05, 4.69) is 45.8 Å². The minimum absolute atomic E-state index is 0.611. The number of rotatable bonds is 1. The second-order valence-electron chi connectivity index (χ2n) is 4.36. The predicted octanol–water partition coefficient (Wildman–Crippen LogP) is 2.53. The van der Waals surface area contributed by atoms with Crippen molar-refractivity contribution in [2.24, 2.45) is 0 Å². The van der Waals surface area contributed by atoms with Crippen molar-refractivity contribution in [3.63, 3.8) is 0 Å². The van der Waals surface area contributed by atoms with Crippen LogP contribution in [0.15, 0.2) is 16.8 Å². The van der Waals surface area contributed by atoms with E-state index in [0.29, 0.717) is 12.1 Å². The molecule has 3 nitrogen and oxygen atoms in total. The summed E-state index contributed by atoms with van der Waals surface area (Å²) in [4.78, 5) is 2.48. The molecule has 0 aromatic carbocycles. The summed E-state index contributed by atoms with van der Waals surface area (Å²) in [7, 11) is 2.22. The summed E-state index contributed by atoms with van der Waals surface area (Å²) in [5, 5.41) is 3.85. The molecule has 0 aliphatic carbocycles. The zero-order valence-electron chi connectivity index (χ0n) is 8.61. The standard InChI is InChI=1S/C11H13IN2O/c1-14-8-2-3-9(14)5-7(4-8)11-10(12)6-13-15-11/h4,6,8-9H,2-3,5H2,1H3. The first-order valence-corrected chi connectivity index (χ1v) is 6.37. The van der Waals surface area contributed by atoms with Gasteiger partial charge in [0.05, 0.1) is 9.77 Å². The molecule has 2 unspecified atom stereocenters. The lowest BCUT2D eigenvalue weighted by molar-refractivity contribution is 0.262. The van der Waals surface area contributed by atoms with Crippen molar-refractivity contribution >= 4 is 28.2 Å². The zero-order valence-corrected chi connectivity index (χ0v) is 10.8. The van der Waals surface area contributed by atoms with E-state index in [1.807, 2.05) is 0 Å². The molecule has 1 aromatic heterocycles. The third kappa shape index (κ3) is 1.54. The van der Waals surface area contributed by atoms with Crippen LogP contribution in [-0.2, 0) is 0 Å². The number of aromatic nitrogens is 1. The number of hydrogen-bond acceptors (Lipinski definition) is 3. The van der Waals surface area contributed by atoms with Crippen LogP contribution in [0.5, 0.6) is 0 Å². The van der Waals surface area contributed by atoms with Gasteiger partial charge in [-0.05, 0) is 54.5 Å². The fourth-order valence-corrected chi connectivity index (χ4v) is 3.21. The Balaban J connectivity index is 1.97. The highest BCUT2D eigenvalue weighted by molar-refractivity contribution is 14.1. The van der Waals surface area contributed by atoms with Crippen LogP contribution in [0.2, 0.25) is 0 Å². The van der Waals surface area contributed by atoms with E-state index in [0.717, 1.165) is 15.8 Å². The first kappa shape index (κ1) is 9.84. The van der Waals surface area contributed by atoms with Crippen molar-refractivity contribution in [2.45, 2.75) is 31.3 Å². The van der Waals surface area contributed by atoms with Crippen molar-refractivity contribution in [3.8, 4) is 0 Å².